The second-order valence-electron chi connectivity index (χ2n) is 7.24. The summed E-state index contributed by atoms with van der Waals surface area (Å²) in [6.07, 6.45) is 2.72. The van der Waals surface area contributed by atoms with Crippen LogP contribution in [0.2, 0.25) is 0 Å². The zero-order valence-electron chi connectivity index (χ0n) is 15.1. The maximum Gasteiger partial charge on any atom is 0.319 e. The van der Waals surface area contributed by atoms with Crippen LogP contribution in [0.15, 0.2) is 36.4 Å². The molecule has 3 aromatic rings. The van der Waals surface area contributed by atoms with Crippen LogP contribution in [0.1, 0.15) is 23.2 Å². The van der Waals surface area contributed by atoms with Gasteiger partial charge in [-0.05, 0) is 49.6 Å². The summed E-state index contributed by atoms with van der Waals surface area (Å²) >= 11 is 0. The van der Waals surface area contributed by atoms with E-state index >= 15 is 0 Å². The molecule has 2 aliphatic rings. The first-order valence-corrected chi connectivity index (χ1v) is 9.23. The summed E-state index contributed by atoms with van der Waals surface area (Å²) in [5.74, 6) is 1.36. The Hall–Kier alpha value is -3.15. The molecule has 1 aromatic heterocycles. The molecule has 138 valence electrons. The van der Waals surface area contributed by atoms with Crippen LogP contribution >= 0.6 is 0 Å². The number of benzene rings is 2. The SMILES string of the molecule is Cc1ccc2[nH]c3c(c2c1)CCC(NC(=O)Nc1ccc2c(c1)OCO2)C3. The average Bonchev–Trinajstić information content (AvgIpc) is 3.24. The van der Waals surface area contributed by atoms with Gasteiger partial charge in [0.05, 0.1) is 0 Å². The Bertz CT molecular complexity index is 1040. The molecule has 0 bridgehead atoms. The molecule has 6 nitrogen and oxygen atoms in total. The van der Waals surface area contributed by atoms with Crippen LogP contribution in [0.5, 0.6) is 11.5 Å². The van der Waals surface area contributed by atoms with Crippen molar-refractivity contribution < 1.29 is 14.3 Å². The lowest BCUT2D eigenvalue weighted by atomic mass is 9.91. The number of amides is 2. The maximum absolute atomic E-state index is 12.4. The molecule has 0 saturated heterocycles. The number of aromatic amines is 1. The molecule has 1 aliphatic heterocycles. The zero-order chi connectivity index (χ0) is 18.4. The van der Waals surface area contributed by atoms with Crippen molar-refractivity contribution in [2.75, 3.05) is 12.1 Å². The summed E-state index contributed by atoms with van der Waals surface area (Å²) in [7, 11) is 0. The zero-order valence-corrected chi connectivity index (χ0v) is 15.1. The van der Waals surface area contributed by atoms with Gasteiger partial charge >= 0.3 is 6.03 Å². The van der Waals surface area contributed by atoms with Gasteiger partial charge in [0.15, 0.2) is 11.5 Å². The number of carbonyl (C=O) groups excluding carboxylic acids is 1. The van der Waals surface area contributed by atoms with Gasteiger partial charge < -0.3 is 25.1 Å². The Morgan fingerprint density at radius 2 is 2.04 bits per heavy atom. The predicted octanol–water partition coefficient (Wildman–Crippen LogP) is 3.88. The molecule has 2 aromatic carbocycles. The van der Waals surface area contributed by atoms with Crippen LogP contribution in [-0.4, -0.2) is 23.8 Å². The van der Waals surface area contributed by atoms with Crippen molar-refractivity contribution in [3.05, 3.63) is 53.2 Å². The summed E-state index contributed by atoms with van der Waals surface area (Å²) in [4.78, 5) is 15.9. The van der Waals surface area contributed by atoms with E-state index in [1.165, 1.54) is 27.7 Å². The third kappa shape index (κ3) is 2.97. The fourth-order valence-corrected chi connectivity index (χ4v) is 3.99. The highest BCUT2D eigenvalue weighted by atomic mass is 16.7. The molecule has 0 spiro atoms. The first-order chi connectivity index (χ1) is 13.2. The monoisotopic (exact) mass is 363 g/mol. The van der Waals surface area contributed by atoms with Crippen LogP contribution in [0.4, 0.5) is 10.5 Å². The van der Waals surface area contributed by atoms with Gasteiger partial charge in [-0.3, -0.25) is 0 Å². The lowest BCUT2D eigenvalue weighted by Crippen LogP contribution is -2.41. The highest BCUT2D eigenvalue weighted by Crippen LogP contribution is 2.34. The Labute approximate surface area is 156 Å². The van der Waals surface area contributed by atoms with Crippen molar-refractivity contribution in [1.82, 2.24) is 10.3 Å². The van der Waals surface area contributed by atoms with Gasteiger partial charge in [0, 0.05) is 40.8 Å². The second kappa shape index (κ2) is 6.23. The molecular formula is C21H21N3O3. The molecular weight excluding hydrogens is 342 g/mol. The van der Waals surface area contributed by atoms with Crippen LogP contribution in [0.25, 0.3) is 10.9 Å². The molecule has 1 aliphatic carbocycles. The molecule has 0 radical (unpaired) electrons. The lowest BCUT2D eigenvalue weighted by molar-refractivity contribution is 0.174. The number of carbonyl (C=O) groups is 1. The predicted molar refractivity (Wildman–Crippen MR) is 104 cm³/mol. The molecule has 1 unspecified atom stereocenters. The summed E-state index contributed by atoms with van der Waals surface area (Å²) in [6, 6.07) is 11.8. The van der Waals surface area contributed by atoms with Gasteiger partial charge in [-0.15, -0.1) is 0 Å². The standard InChI is InChI=1S/C21H21N3O3/c1-12-2-6-17-16(8-12)15-5-3-13(9-18(15)24-17)22-21(25)23-14-4-7-19-20(10-14)27-11-26-19/h2,4,6-8,10,13,24H,3,5,9,11H2,1H3,(H2,22,23,25). The minimum atomic E-state index is -0.200. The molecule has 27 heavy (non-hydrogen) atoms. The molecule has 0 fully saturated rings. The Morgan fingerprint density at radius 1 is 1.15 bits per heavy atom. The van der Waals surface area contributed by atoms with E-state index in [9.17, 15) is 4.79 Å². The van der Waals surface area contributed by atoms with E-state index in [1.807, 2.05) is 6.07 Å². The van der Waals surface area contributed by atoms with Crippen LogP contribution in [0, 0.1) is 6.92 Å². The third-order valence-corrected chi connectivity index (χ3v) is 5.31. The number of fused-ring (bicyclic) bond motifs is 4. The minimum absolute atomic E-state index is 0.112. The lowest BCUT2D eigenvalue weighted by Gasteiger charge is -2.23. The van der Waals surface area contributed by atoms with Crippen molar-refractivity contribution in [1.29, 1.82) is 0 Å². The Kier molecular flexibility index (Phi) is 3.70. The number of urea groups is 1. The van der Waals surface area contributed by atoms with Gasteiger partial charge in [-0.25, -0.2) is 4.79 Å². The maximum atomic E-state index is 12.4. The fraction of sp³-hybridized carbons (Fsp3) is 0.286. The number of hydrogen-bond acceptors (Lipinski definition) is 3. The van der Waals surface area contributed by atoms with Crippen molar-refractivity contribution in [3.8, 4) is 11.5 Å². The molecule has 5 rings (SSSR count). The van der Waals surface area contributed by atoms with Crippen molar-refractivity contribution in [3.63, 3.8) is 0 Å². The Balaban J connectivity index is 1.27. The summed E-state index contributed by atoms with van der Waals surface area (Å²) in [6.45, 7) is 2.34. The fourth-order valence-electron chi connectivity index (χ4n) is 3.99. The van der Waals surface area contributed by atoms with E-state index in [1.54, 1.807) is 12.1 Å². The van der Waals surface area contributed by atoms with Crippen molar-refractivity contribution in [2.24, 2.45) is 0 Å². The van der Waals surface area contributed by atoms with Gasteiger partial charge in [0.2, 0.25) is 6.79 Å². The van der Waals surface area contributed by atoms with Crippen LogP contribution in [-0.2, 0) is 12.8 Å². The molecule has 6 heteroatoms. The van der Waals surface area contributed by atoms with E-state index < -0.39 is 0 Å². The highest BCUT2D eigenvalue weighted by Gasteiger charge is 2.24. The number of ether oxygens (including phenoxy) is 2. The number of hydrogen-bond donors (Lipinski definition) is 3. The molecule has 2 heterocycles. The Morgan fingerprint density at radius 3 is 2.96 bits per heavy atom. The number of aryl methyl sites for hydroxylation is 2. The topological polar surface area (TPSA) is 75.4 Å². The molecule has 3 N–H and O–H groups in total. The normalized spacial score (nSPS) is 17.6. The van der Waals surface area contributed by atoms with E-state index in [2.05, 4.69) is 40.7 Å². The summed E-state index contributed by atoms with van der Waals surface area (Å²) in [5, 5.41) is 7.28. The first kappa shape index (κ1) is 16.1. The minimum Gasteiger partial charge on any atom is -0.454 e. The number of aromatic nitrogens is 1. The third-order valence-electron chi connectivity index (χ3n) is 5.31. The van der Waals surface area contributed by atoms with E-state index in [0.29, 0.717) is 17.2 Å². The van der Waals surface area contributed by atoms with E-state index in [0.717, 1.165) is 19.3 Å². The summed E-state index contributed by atoms with van der Waals surface area (Å²) < 4.78 is 10.6. The van der Waals surface area contributed by atoms with Crippen molar-refractivity contribution >= 4 is 22.6 Å². The van der Waals surface area contributed by atoms with Crippen LogP contribution < -0.4 is 20.1 Å². The quantitative estimate of drug-likeness (QED) is 0.647. The number of H-pyrrole nitrogens is 1. The van der Waals surface area contributed by atoms with Crippen molar-refractivity contribution in [2.45, 2.75) is 32.2 Å². The van der Waals surface area contributed by atoms with E-state index in [-0.39, 0.29) is 18.9 Å². The summed E-state index contributed by atoms with van der Waals surface area (Å²) in [5.41, 5.74) is 5.76. The van der Waals surface area contributed by atoms with Gasteiger partial charge in [0.1, 0.15) is 0 Å². The van der Waals surface area contributed by atoms with E-state index in [4.69, 9.17) is 9.47 Å². The van der Waals surface area contributed by atoms with Gasteiger partial charge in [0.25, 0.3) is 0 Å². The number of rotatable bonds is 2. The molecule has 0 saturated carbocycles. The first-order valence-electron chi connectivity index (χ1n) is 9.23. The number of nitrogens with one attached hydrogen (secondary N) is 3. The molecule has 1 atom stereocenters. The van der Waals surface area contributed by atoms with Crippen LogP contribution in [0.3, 0.4) is 0 Å². The average molecular weight is 363 g/mol. The second-order valence-corrected chi connectivity index (χ2v) is 7.24. The highest BCUT2D eigenvalue weighted by molar-refractivity contribution is 5.90. The largest absolute Gasteiger partial charge is 0.454 e. The smallest absolute Gasteiger partial charge is 0.319 e. The number of anilines is 1. The van der Waals surface area contributed by atoms with Gasteiger partial charge in [-0.1, -0.05) is 11.6 Å². The van der Waals surface area contributed by atoms with Gasteiger partial charge in [-0.2, -0.15) is 0 Å². The molecule has 2 amide bonds.